The molecule has 2 atom stereocenters. The monoisotopic (exact) mass is 518 g/mol. The number of benzene rings is 1. The molecular formula is C21H35IN4O3. The van der Waals surface area contributed by atoms with Gasteiger partial charge in [-0.25, -0.2) is 0 Å². The third-order valence-electron chi connectivity index (χ3n) is 5.57. The minimum absolute atomic E-state index is 0. The first-order valence-corrected chi connectivity index (χ1v) is 10.2. The van der Waals surface area contributed by atoms with Crippen LogP contribution in [0.3, 0.4) is 0 Å². The number of hydrogen-bond acceptors (Lipinski definition) is 5. The number of nitrogens with zero attached hydrogens (tertiary/aromatic N) is 3. The number of nitrogens with one attached hydrogen (secondary N) is 1. The first-order valence-electron chi connectivity index (χ1n) is 10.2. The Morgan fingerprint density at radius 2 is 1.97 bits per heavy atom. The van der Waals surface area contributed by atoms with E-state index in [9.17, 15) is 0 Å². The molecule has 2 aliphatic heterocycles. The van der Waals surface area contributed by atoms with Gasteiger partial charge < -0.3 is 24.4 Å². The fourth-order valence-electron chi connectivity index (χ4n) is 3.95. The molecule has 0 bridgehead atoms. The van der Waals surface area contributed by atoms with Gasteiger partial charge in [-0.15, -0.1) is 24.0 Å². The first-order chi connectivity index (χ1) is 13.7. The molecule has 164 valence electrons. The van der Waals surface area contributed by atoms with Crippen molar-refractivity contribution in [3.05, 3.63) is 29.8 Å². The SMILES string of the molecule is CN=C(NCC(c1ccc(OC)cc1)N1CCOCC1)N(C)CC1CCOC1.I. The Balaban J connectivity index is 0.00000300. The van der Waals surface area contributed by atoms with E-state index in [0.717, 1.165) is 70.7 Å². The van der Waals surface area contributed by atoms with Crippen molar-refractivity contribution in [2.75, 3.05) is 73.8 Å². The zero-order valence-corrected chi connectivity index (χ0v) is 20.1. The molecule has 2 fully saturated rings. The number of guanidine groups is 1. The highest BCUT2D eigenvalue weighted by molar-refractivity contribution is 14.0. The number of ether oxygens (including phenoxy) is 3. The summed E-state index contributed by atoms with van der Waals surface area (Å²) in [6, 6.07) is 8.63. The number of aliphatic imine (C=N–C) groups is 1. The topological polar surface area (TPSA) is 58.6 Å². The molecule has 2 saturated heterocycles. The van der Waals surface area contributed by atoms with Gasteiger partial charge in [-0.3, -0.25) is 9.89 Å². The summed E-state index contributed by atoms with van der Waals surface area (Å²) in [5, 5.41) is 3.59. The van der Waals surface area contributed by atoms with Crippen molar-refractivity contribution in [2.45, 2.75) is 12.5 Å². The highest BCUT2D eigenvalue weighted by Gasteiger charge is 2.24. The second-order valence-corrected chi connectivity index (χ2v) is 7.48. The molecule has 2 heterocycles. The third-order valence-corrected chi connectivity index (χ3v) is 5.57. The largest absolute Gasteiger partial charge is 0.497 e. The summed E-state index contributed by atoms with van der Waals surface area (Å²) in [5.41, 5.74) is 1.28. The van der Waals surface area contributed by atoms with Crippen LogP contribution >= 0.6 is 24.0 Å². The molecule has 0 radical (unpaired) electrons. The average molecular weight is 518 g/mol. The fourth-order valence-corrected chi connectivity index (χ4v) is 3.95. The molecule has 7 nitrogen and oxygen atoms in total. The predicted octanol–water partition coefficient (Wildman–Crippen LogP) is 2.23. The van der Waals surface area contributed by atoms with E-state index in [0.29, 0.717) is 5.92 Å². The van der Waals surface area contributed by atoms with Gasteiger partial charge in [0.1, 0.15) is 5.75 Å². The highest BCUT2D eigenvalue weighted by Crippen LogP contribution is 2.24. The van der Waals surface area contributed by atoms with Gasteiger partial charge in [0, 0.05) is 52.8 Å². The predicted molar refractivity (Wildman–Crippen MR) is 126 cm³/mol. The van der Waals surface area contributed by atoms with Gasteiger partial charge in [-0.1, -0.05) is 12.1 Å². The molecule has 1 aromatic carbocycles. The molecule has 3 rings (SSSR count). The standard InChI is InChI=1S/C21H34N4O3.HI/c1-22-21(24(2)15-17-8-11-28-16-17)23-14-20(25-9-12-27-13-10-25)18-4-6-19(26-3)7-5-18;/h4-7,17,20H,8-16H2,1-3H3,(H,22,23);1H. The number of rotatable bonds is 7. The lowest BCUT2D eigenvalue weighted by Gasteiger charge is -2.36. The molecular weight excluding hydrogens is 483 g/mol. The van der Waals surface area contributed by atoms with Crippen LogP contribution in [0.2, 0.25) is 0 Å². The highest BCUT2D eigenvalue weighted by atomic mass is 127. The van der Waals surface area contributed by atoms with E-state index < -0.39 is 0 Å². The zero-order chi connectivity index (χ0) is 19.8. The molecule has 0 amide bonds. The Kier molecular flexibility index (Phi) is 10.5. The number of morpholine rings is 1. The van der Waals surface area contributed by atoms with Crippen molar-refractivity contribution in [1.29, 1.82) is 0 Å². The number of halogens is 1. The van der Waals surface area contributed by atoms with Gasteiger partial charge in [0.25, 0.3) is 0 Å². The first kappa shape index (κ1) is 24.2. The van der Waals surface area contributed by atoms with Gasteiger partial charge in [-0.2, -0.15) is 0 Å². The lowest BCUT2D eigenvalue weighted by molar-refractivity contribution is 0.0169. The molecule has 2 unspecified atom stereocenters. The summed E-state index contributed by atoms with van der Waals surface area (Å²) in [5.74, 6) is 2.39. The van der Waals surface area contributed by atoms with E-state index in [1.54, 1.807) is 7.11 Å². The van der Waals surface area contributed by atoms with E-state index in [2.05, 4.69) is 39.3 Å². The second-order valence-electron chi connectivity index (χ2n) is 7.48. The Morgan fingerprint density at radius 1 is 1.24 bits per heavy atom. The molecule has 0 aliphatic carbocycles. The van der Waals surface area contributed by atoms with Gasteiger partial charge in [0.15, 0.2) is 5.96 Å². The number of methoxy groups -OCH3 is 1. The van der Waals surface area contributed by atoms with Crippen LogP contribution in [0.5, 0.6) is 5.75 Å². The summed E-state index contributed by atoms with van der Waals surface area (Å²) in [4.78, 5) is 9.19. The lowest BCUT2D eigenvalue weighted by Crippen LogP contribution is -2.47. The van der Waals surface area contributed by atoms with E-state index in [4.69, 9.17) is 14.2 Å². The van der Waals surface area contributed by atoms with Crippen molar-refractivity contribution in [2.24, 2.45) is 10.9 Å². The van der Waals surface area contributed by atoms with Crippen molar-refractivity contribution < 1.29 is 14.2 Å². The average Bonchev–Trinajstić information content (AvgIpc) is 3.25. The minimum atomic E-state index is 0. The van der Waals surface area contributed by atoms with Crippen LogP contribution in [0.4, 0.5) is 0 Å². The quantitative estimate of drug-likeness (QED) is 0.340. The van der Waals surface area contributed by atoms with E-state index >= 15 is 0 Å². The summed E-state index contributed by atoms with van der Waals surface area (Å²) in [6.45, 7) is 6.92. The molecule has 29 heavy (non-hydrogen) atoms. The van der Waals surface area contributed by atoms with E-state index in [1.165, 1.54) is 5.56 Å². The van der Waals surface area contributed by atoms with Crippen molar-refractivity contribution in [3.63, 3.8) is 0 Å². The van der Waals surface area contributed by atoms with Gasteiger partial charge >= 0.3 is 0 Å². The van der Waals surface area contributed by atoms with Crippen LogP contribution < -0.4 is 10.1 Å². The second kappa shape index (κ2) is 12.6. The third kappa shape index (κ3) is 6.97. The molecule has 0 saturated carbocycles. The maximum atomic E-state index is 5.56. The van der Waals surface area contributed by atoms with Crippen LogP contribution in [-0.4, -0.2) is 89.6 Å². The Labute approximate surface area is 191 Å². The Hall–Kier alpha value is -1.10. The van der Waals surface area contributed by atoms with Crippen molar-refractivity contribution >= 4 is 29.9 Å². The van der Waals surface area contributed by atoms with Crippen LogP contribution in [0, 0.1) is 5.92 Å². The molecule has 1 aromatic rings. The van der Waals surface area contributed by atoms with Crippen LogP contribution in [0.1, 0.15) is 18.0 Å². The maximum Gasteiger partial charge on any atom is 0.193 e. The van der Waals surface area contributed by atoms with Crippen LogP contribution in [0.15, 0.2) is 29.3 Å². The van der Waals surface area contributed by atoms with Crippen molar-refractivity contribution in [3.8, 4) is 5.75 Å². The molecule has 0 aromatic heterocycles. The minimum Gasteiger partial charge on any atom is -0.497 e. The molecule has 2 aliphatic rings. The van der Waals surface area contributed by atoms with Crippen molar-refractivity contribution in [1.82, 2.24) is 15.1 Å². The van der Waals surface area contributed by atoms with Gasteiger partial charge in [0.05, 0.1) is 33.0 Å². The maximum absolute atomic E-state index is 5.56. The Morgan fingerprint density at radius 3 is 2.55 bits per heavy atom. The summed E-state index contributed by atoms with van der Waals surface area (Å²) >= 11 is 0. The lowest BCUT2D eigenvalue weighted by atomic mass is 10.0. The number of hydrogen-bond donors (Lipinski definition) is 1. The van der Waals surface area contributed by atoms with Gasteiger partial charge in [-0.05, 0) is 24.1 Å². The van der Waals surface area contributed by atoms with E-state index in [-0.39, 0.29) is 30.0 Å². The normalized spacial score (nSPS) is 21.3. The summed E-state index contributed by atoms with van der Waals surface area (Å²) < 4.78 is 16.4. The van der Waals surface area contributed by atoms with Crippen LogP contribution in [-0.2, 0) is 9.47 Å². The van der Waals surface area contributed by atoms with Gasteiger partial charge in [0.2, 0.25) is 0 Å². The molecule has 0 spiro atoms. The van der Waals surface area contributed by atoms with E-state index in [1.807, 2.05) is 19.2 Å². The smallest absolute Gasteiger partial charge is 0.193 e. The Bertz CT molecular complexity index is 617. The van der Waals surface area contributed by atoms with Crippen LogP contribution in [0.25, 0.3) is 0 Å². The zero-order valence-electron chi connectivity index (χ0n) is 17.8. The summed E-state index contributed by atoms with van der Waals surface area (Å²) in [7, 11) is 5.65. The fraction of sp³-hybridized carbons (Fsp3) is 0.667. The molecule has 1 N–H and O–H groups in total. The molecule has 8 heteroatoms. The summed E-state index contributed by atoms with van der Waals surface area (Å²) in [6.07, 6.45) is 1.13.